The van der Waals surface area contributed by atoms with Crippen LogP contribution in [-0.2, 0) is 6.54 Å². The van der Waals surface area contributed by atoms with Crippen molar-refractivity contribution in [2.45, 2.75) is 19.9 Å². The van der Waals surface area contributed by atoms with Crippen LogP contribution in [0, 0.1) is 6.92 Å². The highest BCUT2D eigenvalue weighted by Crippen LogP contribution is 2.18. The zero-order chi connectivity index (χ0) is 14.7. The second kappa shape index (κ2) is 5.92. The van der Waals surface area contributed by atoms with Gasteiger partial charge < -0.3 is 4.57 Å². The van der Waals surface area contributed by atoms with E-state index >= 15 is 0 Å². The summed E-state index contributed by atoms with van der Waals surface area (Å²) in [4.78, 5) is 24.1. The maximum atomic E-state index is 12.1. The molecule has 104 valence electrons. The third-order valence-electron chi connectivity index (χ3n) is 3.07. The molecule has 5 heteroatoms. The minimum Gasteiger partial charge on any atom is -0.309 e. The first-order chi connectivity index (χ1) is 9.54. The average molecular weight is 291 g/mol. The first kappa shape index (κ1) is 14.3. The topological polar surface area (TPSA) is 44.0 Å². The van der Waals surface area contributed by atoms with Gasteiger partial charge in [-0.3, -0.25) is 14.2 Å². The summed E-state index contributed by atoms with van der Waals surface area (Å²) in [6.07, 6.45) is 5.52. The largest absolute Gasteiger partial charge is 0.320 e. The summed E-state index contributed by atoms with van der Waals surface area (Å²) >= 11 is 6.05. The van der Waals surface area contributed by atoms with Gasteiger partial charge in [-0.15, -0.1) is 6.58 Å². The molecular formula is C15H15ClN2O2. The van der Waals surface area contributed by atoms with Gasteiger partial charge in [-0.2, -0.15) is 0 Å². The highest BCUT2D eigenvalue weighted by Gasteiger charge is 2.07. The number of hydrogen-bond donors (Lipinski definition) is 0. The molecule has 0 radical (unpaired) electrons. The molecule has 0 N–H and O–H groups in total. The van der Waals surface area contributed by atoms with Crippen LogP contribution in [0.15, 0.2) is 52.8 Å². The SMILES string of the molecule is C=CCCn1ccn(-c2ccc(C)c(Cl)c2)c(=O)c1=O. The van der Waals surface area contributed by atoms with Crippen LogP contribution in [0.3, 0.4) is 0 Å². The average Bonchev–Trinajstić information content (AvgIpc) is 2.44. The summed E-state index contributed by atoms with van der Waals surface area (Å²) in [5.41, 5.74) is 0.365. The second-order valence-corrected chi connectivity index (χ2v) is 4.89. The van der Waals surface area contributed by atoms with Crippen molar-refractivity contribution in [2.75, 3.05) is 0 Å². The molecule has 0 bridgehead atoms. The molecule has 2 rings (SSSR count). The van der Waals surface area contributed by atoms with Crippen LogP contribution < -0.4 is 11.1 Å². The van der Waals surface area contributed by atoms with E-state index < -0.39 is 11.1 Å². The van der Waals surface area contributed by atoms with Gasteiger partial charge in [-0.05, 0) is 31.0 Å². The van der Waals surface area contributed by atoms with Gasteiger partial charge in [0.2, 0.25) is 0 Å². The summed E-state index contributed by atoms with van der Waals surface area (Å²) < 4.78 is 2.69. The van der Waals surface area contributed by atoms with Crippen molar-refractivity contribution in [1.82, 2.24) is 9.13 Å². The van der Waals surface area contributed by atoms with Gasteiger partial charge in [0.05, 0.1) is 5.69 Å². The van der Waals surface area contributed by atoms with Gasteiger partial charge in [-0.25, -0.2) is 0 Å². The fraction of sp³-hybridized carbons (Fsp3) is 0.200. The third kappa shape index (κ3) is 2.75. The Hall–Kier alpha value is -2.07. The lowest BCUT2D eigenvalue weighted by Gasteiger charge is -2.09. The van der Waals surface area contributed by atoms with Crippen LogP contribution in [0.1, 0.15) is 12.0 Å². The Morgan fingerprint density at radius 2 is 2.00 bits per heavy atom. The first-order valence-electron chi connectivity index (χ1n) is 6.24. The number of nitrogens with zero attached hydrogens (tertiary/aromatic N) is 2. The van der Waals surface area contributed by atoms with Crippen LogP contribution in [0.25, 0.3) is 5.69 Å². The van der Waals surface area contributed by atoms with Gasteiger partial charge in [-0.1, -0.05) is 23.7 Å². The van der Waals surface area contributed by atoms with Crippen molar-refractivity contribution >= 4 is 11.6 Å². The van der Waals surface area contributed by atoms with Crippen LogP contribution in [-0.4, -0.2) is 9.13 Å². The van der Waals surface area contributed by atoms with Crippen LogP contribution in [0.2, 0.25) is 5.02 Å². The molecule has 20 heavy (non-hydrogen) atoms. The van der Waals surface area contributed by atoms with Gasteiger partial charge in [0.25, 0.3) is 0 Å². The van der Waals surface area contributed by atoms with Crippen LogP contribution in [0.4, 0.5) is 0 Å². The van der Waals surface area contributed by atoms with Crippen molar-refractivity contribution in [2.24, 2.45) is 0 Å². The van der Waals surface area contributed by atoms with Crippen LogP contribution >= 0.6 is 11.6 Å². The van der Waals surface area contributed by atoms with Crippen molar-refractivity contribution in [3.63, 3.8) is 0 Å². The Balaban J connectivity index is 2.51. The van der Waals surface area contributed by atoms with Crippen molar-refractivity contribution < 1.29 is 0 Å². The third-order valence-corrected chi connectivity index (χ3v) is 3.47. The van der Waals surface area contributed by atoms with E-state index in [9.17, 15) is 9.59 Å². The summed E-state index contributed by atoms with van der Waals surface area (Å²) in [5.74, 6) is 0. The molecule has 0 unspecified atom stereocenters. The first-order valence-corrected chi connectivity index (χ1v) is 6.62. The number of benzene rings is 1. The lowest BCUT2D eigenvalue weighted by molar-refractivity contribution is 0.656. The second-order valence-electron chi connectivity index (χ2n) is 4.48. The lowest BCUT2D eigenvalue weighted by Crippen LogP contribution is -2.39. The Bertz CT molecular complexity index is 759. The number of halogens is 1. The smallest absolute Gasteiger partial charge is 0.309 e. The summed E-state index contributed by atoms with van der Waals surface area (Å²) in [6, 6.07) is 5.25. The molecule has 4 nitrogen and oxygen atoms in total. The molecule has 0 aliphatic carbocycles. The van der Waals surface area contributed by atoms with E-state index in [4.69, 9.17) is 11.6 Å². The molecule has 0 fully saturated rings. The zero-order valence-corrected chi connectivity index (χ0v) is 11.9. The highest BCUT2D eigenvalue weighted by molar-refractivity contribution is 6.31. The van der Waals surface area contributed by atoms with E-state index in [0.29, 0.717) is 23.7 Å². The minimum atomic E-state index is -0.587. The maximum Gasteiger partial charge on any atom is 0.320 e. The Labute approximate surface area is 121 Å². The lowest BCUT2D eigenvalue weighted by atomic mass is 10.2. The van der Waals surface area contributed by atoms with E-state index in [1.54, 1.807) is 30.6 Å². The normalized spacial score (nSPS) is 10.5. The van der Waals surface area contributed by atoms with E-state index in [2.05, 4.69) is 6.58 Å². The molecule has 1 aromatic heterocycles. The number of aryl methyl sites for hydroxylation is 2. The fourth-order valence-corrected chi connectivity index (χ4v) is 2.02. The van der Waals surface area contributed by atoms with Gasteiger partial charge in [0, 0.05) is 24.0 Å². The molecule has 0 amide bonds. The number of rotatable bonds is 4. The van der Waals surface area contributed by atoms with Crippen molar-refractivity contribution in [3.8, 4) is 5.69 Å². The zero-order valence-electron chi connectivity index (χ0n) is 11.2. The van der Waals surface area contributed by atoms with Crippen molar-refractivity contribution in [3.05, 3.63) is 74.5 Å². The van der Waals surface area contributed by atoms with Gasteiger partial charge in [0.15, 0.2) is 0 Å². The molecule has 0 aliphatic rings. The van der Waals surface area contributed by atoms with Gasteiger partial charge in [0.1, 0.15) is 0 Å². The monoisotopic (exact) mass is 290 g/mol. The minimum absolute atomic E-state index is 0.451. The van der Waals surface area contributed by atoms with E-state index in [0.717, 1.165) is 5.56 Å². The predicted molar refractivity (Wildman–Crippen MR) is 80.9 cm³/mol. The highest BCUT2D eigenvalue weighted by atomic mass is 35.5. The van der Waals surface area contributed by atoms with Gasteiger partial charge >= 0.3 is 11.1 Å². The Kier molecular flexibility index (Phi) is 4.25. The molecule has 0 spiro atoms. The number of hydrogen-bond acceptors (Lipinski definition) is 2. The quantitative estimate of drug-likeness (QED) is 0.641. The number of aromatic nitrogens is 2. The summed E-state index contributed by atoms with van der Waals surface area (Å²) in [6.45, 7) is 5.93. The van der Waals surface area contributed by atoms with Crippen LogP contribution in [0.5, 0.6) is 0 Å². The molecule has 2 aromatic rings. The predicted octanol–water partition coefficient (Wildman–Crippen LogP) is 2.54. The van der Waals surface area contributed by atoms with E-state index in [1.165, 1.54) is 9.13 Å². The molecular weight excluding hydrogens is 276 g/mol. The molecule has 1 heterocycles. The Morgan fingerprint density at radius 3 is 2.65 bits per heavy atom. The molecule has 1 aromatic carbocycles. The molecule has 0 aliphatic heterocycles. The fourth-order valence-electron chi connectivity index (χ4n) is 1.85. The maximum absolute atomic E-state index is 12.1. The molecule has 0 saturated heterocycles. The van der Waals surface area contributed by atoms with E-state index in [1.807, 2.05) is 13.0 Å². The van der Waals surface area contributed by atoms with E-state index in [-0.39, 0.29) is 0 Å². The summed E-state index contributed by atoms with van der Waals surface area (Å²) in [5, 5.41) is 0.560. The Morgan fingerprint density at radius 1 is 1.25 bits per heavy atom. The standard InChI is InChI=1S/C15H15ClN2O2/c1-3-4-7-17-8-9-18(15(20)14(17)19)12-6-5-11(2)13(16)10-12/h3,5-6,8-10H,1,4,7H2,2H3. The number of allylic oxidation sites excluding steroid dienone is 1. The van der Waals surface area contributed by atoms with Crippen molar-refractivity contribution in [1.29, 1.82) is 0 Å². The molecule has 0 atom stereocenters. The molecule has 0 saturated carbocycles. The summed E-state index contributed by atoms with van der Waals surface area (Å²) in [7, 11) is 0.